The van der Waals surface area contributed by atoms with Crippen molar-refractivity contribution in [2.75, 3.05) is 6.61 Å². The van der Waals surface area contributed by atoms with Crippen molar-refractivity contribution < 1.29 is 4.74 Å². The monoisotopic (exact) mass is 241 g/mol. The number of hydrogen-bond donors (Lipinski definition) is 0. The van der Waals surface area contributed by atoms with Crippen molar-refractivity contribution in [3.05, 3.63) is 11.1 Å². The molecule has 0 radical (unpaired) electrons. The highest BCUT2D eigenvalue weighted by Gasteiger charge is 2.18. The normalized spacial score (nSPS) is 12.9. The Hall–Kier alpha value is -0.570. The topological polar surface area (TPSA) is 22.1 Å². The van der Waals surface area contributed by atoms with Gasteiger partial charge in [-0.1, -0.05) is 52.9 Å². The summed E-state index contributed by atoms with van der Waals surface area (Å²) in [6.07, 6.45) is 1.05. The number of rotatable bonds is 3. The van der Waals surface area contributed by atoms with Crippen molar-refractivity contribution in [2.24, 2.45) is 5.41 Å². The van der Waals surface area contributed by atoms with Crippen LogP contribution < -0.4 is 4.74 Å². The van der Waals surface area contributed by atoms with Crippen molar-refractivity contribution in [1.29, 1.82) is 0 Å². The number of aromatic nitrogens is 1. The van der Waals surface area contributed by atoms with E-state index in [1.807, 2.05) is 0 Å². The van der Waals surface area contributed by atoms with Gasteiger partial charge < -0.3 is 4.74 Å². The predicted molar refractivity (Wildman–Crippen MR) is 70.4 cm³/mol. The minimum Gasteiger partial charge on any atom is -0.470 e. The predicted octanol–water partition coefficient (Wildman–Crippen LogP) is 4.26. The molecule has 0 aliphatic rings. The highest BCUT2D eigenvalue weighted by atomic mass is 32.1. The van der Waals surface area contributed by atoms with E-state index in [1.54, 1.807) is 11.3 Å². The molecule has 1 aromatic rings. The van der Waals surface area contributed by atoms with Crippen LogP contribution in [0.5, 0.6) is 5.19 Å². The second-order valence-electron chi connectivity index (χ2n) is 6.41. The molecule has 0 aromatic carbocycles. The van der Waals surface area contributed by atoms with Gasteiger partial charge in [0.2, 0.25) is 0 Å². The molecule has 16 heavy (non-hydrogen) atoms. The Bertz CT molecular complexity index is 330. The van der Waals surface area contributed by atoms with Crippen LogP contribution in [0.4, 0.5) is 0 Å². The lowest BCUT2D eigenvalue weighted by Gasteiger charge is -2.17. The van der Waals surface area contributed by atoms with Gasteiger partial charge in [0.1, 0.15) is 0 Å². The molecule has 3 heteroatoms. The fraction of sp³-hybridized carbons (Fsp3) is 0.769. The minimum absolute atomic E-state index is 0.113. The van der Waals surface area contributed by atoms with E-state index in [0.717, 1.165) is 23.9 Å². The first-order valence-electron chi connectivity index (χ1n) is 5.77. The summed E-state index contributed by atoms with van der Waals surface area (Å²) in [4.78, 5) is 4.50. The molecule has 0 N–H and O–H groups in total. The summed E-state index contributed by atoms with van der Waals surface area (Å²) in [7, 11) is 0. The first-order valence-corrected chi connectivity index (χ1v) is 6.65. The van der Waals surface area contributed by atoms with Gasteiger partial charge in [0.15, 0.2) is 0 Å². The maximum absolute atomic E-state index is 5.67. The van der Waals surface area contributed by atoms with Crippen LogP contribution in [0.1, 0.15) is 53.7 Å². The minimum atomic E-state index is 0.113. The molecule has 1 heterocycles. The number of hydrogen-bond acceptors (Lipinski definition) is 3. The number of nitrogens with zero attached hydrogens (tertiary/aromatic N) is 1. The maximum atomic E-state index is 5.67. The summed E-state index contributed by atoms with van der Waals surface area (Å²) < 4.78 is 5.67. The Morgan fingerprint density at radius 3 is 2.25 bits per heavy atom. The fourth-order valence-corrected chi connectivity index (χ4v) is 2.03. The van der Waals surface area contributed by atoms with Crippen LogP contribution in [0.2, 0.25) is 0 Å². The molecule has 0 atom stereocenters. The summed E-state index contributed by atoms with van der Waals surface area (Å²) in [5, 5.41) is 2.89. The van der Waals surface area contributed by atoms with E-state index in [2.05, 4.69) is 51.9 Å². The van der Waals surface area contributed by atoms with Gasteiger partial charge in [0.25, 0.3) is 5.19 Å². The molecule has 0 unspecified atom stereocenters. The van der Waals surface area contributed by atoms with Gasteiger partial charge in [-0.25, -0.2) is 4.98 Å². The molecule has 0 aliphatic carbocycles. The van der Waals surface area contributed by atoms with E-state index in [9.17, 15) is 0 Å². The van der Waals surface area contributed by atoms with Gasteiger partial charge in [0.05, 0.1) is 12.3 Å². The van der Waals surface area contributed by atoms with E-state index < -0.39 is 0 Å². The van der Waals surface area contributed by atoms with E-state index in [0.29, 0.717) is 5.41 Å². The molecule has 0 fully saturated rings. The molecular formula is C13H23NOS. The first-order chi connectivity index (χ1) is 7.18. The van der Waals surface area contributed by atoms with Crippen LogP contribution in [0.3, 0.4) is 0 Å². The molecule has 0 saturated carbocycles. The summed E-state index contributed by atoms with van der Waals surface area (Å²) in [5.41, 5.74) is 1.55. The van der Waals surface area contributed by atoms with Crippen LogP contribution in [-0.4, -0.2) is 11.6 Å². The SMILES string of the molecule is CC(C)(C)CCOc1nc(C(C)(C)C)cs1. The molecule has 0 spiro atoms. The highest BCUT2D eigenvalue weighted by molar-refractivity contribution is 7.11. The van der Waals surface area contributed by atoms with Gasteiger partial charge in [-0.15, -0.1) is 0 Å². The van der Waals surface area contributed by atoms with Crippen LogP contribution in [0.15, 0.2) is 5.38 Å². The lowest BCUT2D eigenvalue weighted by Crippen LogP contribution is -2.12. The van der Waals surface area contributed by atoms with Crippen LogP contribution in [0.25, 0.3) is 0 Å². The molecule has 1 aromatic heterocycles. The van der Waals surface area contributed by atoms with E-state index in [1.165, 1.54) is 0 Å². The average Bonchev–Trinajstić information content (AvgIpc) is 2.49. The van der Waals surface area contributed by atoms with Gasteiger partial charge >= 0.3 is 0 Å². The molecule has 0 aliphatic heterocycles. The average molecular weight is 241 g/mol. The smallest absolute Gasteiger partial charge is 0.273 e. The fourth-order valence-electron chi connectivity index (χ4n) is 1.11. The largest absolute Gasteiger partial charge is 0.470 e. The standard InChI is InChI=1S/C13H23NOS/c1-12(2,3)7-8-15-11-14-10(9-16-11)13(4,5)6/h9H,7-8H2,1-6H3. The van der Waals surface area contributed by atoms with Crippen molar-refractivity contribution in [3.63, 3.8) is 0 Å². The summed E-state index contributed by atoms with van der Waals surface area (Å²) in [6, 6.07) is 0. The van der Waals surface area contributed by atoms with Crippen LogP contribution in [-0.2, 0) is 5.41 Å². The van der Waals surface area contributed by atoms with E-state index in [-0.39, 0.29) is 5.41 Å². The van der Waals surface area contributed by atoms with Crippen LogP contribution in [0, 0.1) is 5.41 Å². The second-order valence-corrected chi connectivity index (χ2v) is 7.23. The molecular weight excluding hydrogens is 218 g/mol. The maximum Gasteiger partial charge on any atom is 0.273 e. The van der Waals surface area contributed by atoms with E-state index in [4.69, 9.17) is 4.74 Å². The molecule has 0 amide bonds. The molecule has 0 bridgehead atoms. The molecule has 2 nitrogen and oxygen atoms in total. The number of ether oxygens (including phenoxy) is 1. The van der Waals surface area contributed by atoms with Gasteiger partial charge in [-0.3, -0.25) is 0 Å². The Kier molecular flexibility index (Phi) is 4.00. The number of thiazole rings is 1. The summed E-state index contributed by atoms with van der Waals surface area (Å²) in [6.45, 7) is 13.9. The third-order valence-electron chi connectivity index (χ3n) is 2.33. The van der Waals surface area contributed by atoms with Crippen molar-refractivity contribution in [1.82, 2.24) is 4.98 Å². The van der Waals surface area contributed by atoms with Gasteiger partial charge in [0, 0.05) is 10.8 Å². The Balaban J connectivity index is 2.48. The molecule has 1 rings (SSSR count). The third kappa shape index (κ3) is 4.52. The quantitative estimate of drug-likeness (QED) is 0.789. The Morgan fingerprint density at radius 1 is 1.19 bits per heavy atom. The van der Waals surface area contributed by atoms with E-state index >= 15 is 0 Å². The van der Waals surface area contributed by atoms with Gasteiger partial charge in [-0.2, -0.15) is 0 Å². The zero-order chi connectivity index (χ0) is 12.4. The first kappa shape index (κ1) is 13.5. The van der Waals surface area contributed by atoms with Crippen molar-refractivity contribution in [2.45, 2.75) is 53.4 Å². The highest BCUT2D eigenvalue weighted by Crippen LogP contribution is 2.28. The molecule has 0 saturated heterocycles. The summed E-state index contributed by atoms with van der Waals surface area (Å²) in [5.74, 6) is 0. The lowest BCUT2D eigenvalue weighted by molar-refractivity contribution is 0.241. The van der Waals surface area contributed by atoms with Crippen molar-refractivity contribution >= 4 is 11.3 Å². The third-order valence-corrected chi connectivity index (χ3v) is 3.08. The molecule has 92 valence electrons. The van der Waals surface area contributed by atoms with Crippen molar-refractivity contribution in [3.8, 4) is 5.19 Å². The Morgan fingerprint density at radius 2 is 1.81 bits per heavy atom. The van der Waals surface area contributed by atoms with Crippen LogP contribution >= 0.6 is 11.3 Å². The second kappa shape index (κ2) is 4.74. The lowest BCUT2D eigenvalue weighted by atomic mass is 9.93. The van der Waals surface area contributed by atoms with Gasteiger partial charge in [-0.05, 0) is 11.8 Å². The zero-order valence-electron chi connectivity index (χ0n) is 11.3. The zero-order valence-corrected chi connectivity index (χ0v) is 12.1. The Labute approximate surface area is 103 Å². The summed E-state index contributed by atoms with van der Waals surface area (Å²) >= 11 is 1.59.